The quantitative estimate of drug-likeness (QED) is 0.178. The van der Waals surface area contributed by atoms with Crippen LogP contribution in [0.15, 0.2) is 100 Å². The number of carbonyl (C=O) groups excluding carboxylic acids is 1. The lowest BCUT2D eigenvalue weighted by molar-refractivity contribution is -0.116. The number of nitrogens with zero attached hydrogens (tertiary/aromatic N) is 4. The van der Waals surface area contributed by atoms with Crippen molar-refractivity contribution < 1.29 is 17.6 Å². The number of oxazole rings is 1. The number of imidazole rings is 1. The van der Waals surface area contributed by atoms with Crippen LogP contribution in [0.1, 0.15) is 18.6 Å². The van der Waals surface area contributed by atoms with Crippen LogP contribution in [0.4, 0.5) is 10.8 Å². The van der Waals surface area contributed by atoms with Gasteiger partial charge in [0, 0.05) is 40.7 Å². The van der Waals surface area contributed by atoms with Crippen LogP contribution in [-0.2, 0) is 21.2 Å². The summed E-state index contributed by atoms with van der Waals surface area (Å²) in [6.07, 6.45) is 4.36. The van der Waals surface area contributed by atoms with Crippen molar-refractivity contribution in [2.45, 2.75) is 24.2 Å². The number of amides is 1. The Balaban J connectivity index is 1.13. The Morgan fingerprint density at radius 2 is 1.79 bits per heavy atom. The lowest BCUT2D eigenvalue weighted by atomic mass is 10.1. The zero-order valence-electron chi connectivity index (χ0n) is 21.9. The summed E-state index contributed by atoms with van der Waals surface area (Å²) in [6.45, 7) is 0. The standard InChI is InChI=1S/C29H23ClN6O4S2/c30-20-10-8-19(9-11-20)27-25(40-29(34-27)36-18-32-23-4-1-2-5-24(23)36)6-3-7-26(37)33-21-12-14-22(15-13-21)42(38,39)35-28-31-16-17-41-28/h1-2,4-5,8-18H,3,6-7H2,(H,31,35)(H,33,37). The summed E-state index contributed by atoms with van der Waals surface area (Å²) < 4.78 is 35.5. The third-order valence-corrected chi connectivity index (χ3v) is 8.80. The molecule has 212 valence electrons. The first kappa shape index (κ1) is 27.6. The van der Waals surface area contributed by atoms with E-state index in [0.717, 1.165) is 16.6 Å². The minimum atomic E-state index is -3.77. The molecule has 0 saturated carbocycles. The van der Waals surface area contributed by atoms with Gasteiger partial charge in [0.15, 0.2) is 5.13 Å². The number of nitrogens with one attached hydrogen (secondary N) is 2. The highest BCUT2D eigenvalue weighted by Crippen LogP contribution is 2.29. The Morgan fingerprint density at radius 1 is 1.00 bits per heavy atom. The van der Waals surface area contributed by atoms with E-state index in [1.165, 1.54) is 29.7 Å². The van der Waals surface area contributed by atoms with Crippen LogP contribution >= 0.6 is 22.9 Å². The van der Waals surface area contributed by atoms with Gasteiger partial charge in [-0.05, 0) is 55.0 Å². The van der Waals surface area contributed by atoms with E-state index in [1.54, 1.807) is 40.5 Å². The maximum Gasteiger partial charge on any atom is 0.308 e. The van der Waals surface area contributed by atoms with Crippen molar-refractivity contribution in [3.8, 4) is 17.3 Å². The second-order valence-corrected chi connectivity index (χ2v) is 12.3. The highest BCUT2D eigenvalue weighted by atomic mass is 35.5. The summed E-state index contributed by atoms with van der Waals surface area (Å²) in [6, 6.07) is 21.4. The van der Waals surface area contributed by atoms with Crippen molar-refractivity contribution in [1.29, 1.82) is 0 Å². The molecule has 0 fully saturated rings. The molecule has 0 bridgehead atoms. The molecular formula is C29H23ClN6O4S2. The lowest BCUT2D eigenvalue weighted by Crippen LogP contribution is -2.14. The summed E-state index contributed by atoms with van der Waals surface area (Å²) in [7, 11) is -3.77. The van der Waals surface area contributed by atoms with Crippen LogP contribution in [0.2, 0.25) is 5.02 Å². The summed E-state index contributed by atoms with van der Waals surface area (Å²) in [5, 5.41) is 5.39. The molecule has 10 nitrogen and oxygen atoms in total. The smallest absolute Gasteiger partial charge is 0.308 e. The largest absolute Gasteiger partial charge is 0.427 e. The van der Waals surface area contributed by atoms with Gasteiger partial charge in [-0.3, -0.25) is 14.1 Å². The first-order valence-corrected chi connectivity index (χ1v) is 15.6. The third kappa shape index (κ3) is 6.05. The van der Waals surface area contributed by atoms with E-state index in [0.29, 0.717) is 41.0 Å². The minimum absolute atomic E-state index is 0.0669. The molecule has 0 atom stereocenters. The molecule has 0 aliphatic carbocycles. The number of hydrogen-bond acceptors (Lipinski definition) is 8. The number of aryl methyl sites for hydroxylation is 1. The van der Waals surface area contributed by atoms with E-state index in [9.17, 15) is 13.2 Å². The SMILES string of the molecule is O=C(CCCc1oc(-n2cnc3ccccc32)nc1-c1ccc(Cl)cc1)Nc1ccc(S(=O)(=O)Nc2nccs2)cc1. The maximum absolute atomic E-state index is 12.7. The minimum Gasteiger partial charge on any atom is -0.427 e. The molecule has 0 spiro atoms. The second kappa shape index (κ2) is 11.8. The molecule has 6 aromatic rings. The monoisotopic (exact) mass is 618 g/mol. The van der Waals surface area contributed by atoms with Gasteiger partial charge in [-0.2, -0.15) is 4.98 Å². The first-order valence-electron chi connectivity index (χ1n) is 12.9. The highest BCUT2D eigenvalue weighted by Gasteiger charge is 2.19. The van der Waals surface area contributed by atoms with Gasteiger partial charge in [-0.15, -0.1) is 11.3 Å². The average Bonchev–Trinajstić information content (AvgIpc) is 3.74. The zero-order chi connectivity index (χ0) is 29.1. The molecule has 0 unspecified atom stereocenters. The lowest BCUT2D eigenvalue weighted by Gasteiger charge is -2.08. The number of aromatic nitrogens is 4. The van der Waals surface area contributed by atoms with Crippen molar-refractivity contribution >= 4 is 60.7 Å². The summed E-state index contributed by atoms with van der Waals surface area (Å²) in [5.74, 6) is 0.431. The number of hydrogen-bond donors (Lipinski definition) is 2. The van der Waals surface area contributed by atoms with Crippen LogP contribution < -0.4 is 10.0 Å². The summed E-state index contributed by atoms with van der Waals surface area (Å²) in [4.78, 5) is 25.9. The molecule has 0 aliphatic rings. The van der Waals surface area contributed by atoms with E-state index in [2.05, 4.69) is 20.0 Å². The van der Waals surface area contributed by atoms with Gasteiger partial charge < -0.3 is 9.73 Å². The average molecular weight is 619 g/mol. The Morgan fingerprint density at radius 3 is 2.55 bits per heavy atom. The van der Waals surface area contributed by atoms with Gasteiger partial charge in [-0.1, -0.05) is 35.9 Å². The Hall–Kier alpha value is -4.52. The Labute approximate surface area is 250 Å². The zero-order valence-corrected chi connectivity index (χ0v) is 24.3. The van der Waals surface area contributed by atoms with Gasteiger partial charge in [0.05, 0.1) is 15.9 Å². The van der Waals surface area contributed by atoms with Crippen molar-refractivity contribution in [3.05, 3.63) is 101 Å². The topological polar surface area (TPSA) is 132 Å². The van der Waals surface area contributed by atoms with Gasteiger partial charge >= 0.3 is 6.01 Å². The van der Waals surface area contributed by atoms with E-state index in [1.807, 2.05) is 36.4 Å². The molecule has 42 heavy (non-hydrogen) atoms. The number of sulfonamides is 1. The fourth-order valence-corrected chi connectivity index (χ4v) is 6.27. The number of rotatable bonds is 10. The van der Waals surface area contributed by atoms with Crippen molar-refractivity contribution in [3.63, 3.8) is 0 Å². The second-order valence-electron chi connectivity index (χ2n) is 9.25. The highest BCUT2D eigenvalue weighted by molar-refractivity contribution is 7.93. The van der Waals surface area contributed by atoms with Crippen molar-refractivity contribution in [2.24, 2.45) is 0 Å². The number of carbonyl (C=O) groups is 1. The van der Waals surface area contributed by atoms with Gasteiger partial charge in [-0.25, -0.2) is 18.4 Å². The van der Waals surface area contributed by atoms with E-state index < -0.39 is 10.0 Å². The predicted octanol–water partition coefficient (Wildman–Crippen LogP) is 6.55. The first-order chi connectivity index (χ1) is 20.4. The molecule has 13 heteroatoms. The van der Waals surface area contributed by atoms with Crippen molar-refractivity contribution in [2.75, 3.05) is 10.0 Å². The molecule has 6 rings (SSSR count). The van der Waals surface area contributed by atoms with Gasteiger partial charge in [0.2, 0.25) is 5.91 Å². The number of anilines is 2. The van der Waals surface area contributed by atoms with Crippen LogP contribution in [0.25, 0.3) is 28.3 Å². The Kier molecular flexibility index (Phi) is 7.74. The van der Waals surface area contributed by atoms with Crippen LogP contribution in [0, 0.1) is 0 Å². The maximum atomic E-state index is 12.7. The fraction of sp³-hybridized carbons (Fsp3) is 0.103. The fourth-order valence-electron chi connectivity index (χ4n) is 4.35. The van der Waals surface area contributed by atoms with E-state index in [-0.39, 0.29) is 22.4 Å². The molecule has 1 amide bonds. The molecular weight excluding hydrogens is 596 g/mol. The summed E-state index contributed by atoms with van der Waals surface area (Å²) in [5.41, 5.74) is 3.69. The van der Waals surface area contributed by atoms with Crippen LogP contribution in [0.3, 0.4) is 0 Å². The molecule has 0 saturated heterocycles. The predicted molar refractivity (Wildman–Crippen MR) is 163 cm³/mol. The number of halogens is 1. The molecule has 3 heterocycles. The summed E-state index contributed by atoms with van der Waals surface area (Å²) >= 11 is 7.28. The van der Waals surface area contributed by atoms with Crippen LogP contribution in [0.5, 0.6) is 0 Å². The molecule has 0 aliphatic heterocycles. The number of fused-ring (bicyclic) bond motifs is 1. The van der Waals surface area contributed by atoms with E-state index in [4.69, 9.17) is 21.0 Å². The molecule has 3 aromatic carbocycles. The number of benzene rings is 3. The number of para-hydroxylation sites is 2. The third-order valence-electron chi connectivity index (χ3n) is 6.37. The van der Waals surface area contributed by atoms with Gasteiger partial charge in [0.1, 0.15) is 17.8 Å². The molecule has 2 N–H and O–H groups in total. The van der Waals surface area contributed by atoms with Crippen LogP contribution in [-0.4, -0.2) is 33.8 Å². The number of thiazole rings is 1. The Bertz CT molecular complexity index is 1950. The molecule has 0 radical (unpaired) electrons. The van der Waals surface area contributed by atoms with Gasteiger partial charge in [0.25, 0.3) is 10.0 Å². The van der Waals surface area contributed by atoms with E-state index >= 15 is 0 Å². The normalized spacial score (nSPS) is 11.5. The van der Waals surface area contributed by atoms with Crippen molar-refractivity contribution in [1.82, 2.24) is 19.5 Å². The molecule has 3 aromatic heterocycles.